The number of halogens is 5. The summed E-state index contributed by atoms with van der Waals surface area (Å²) in [6.07, 6.45) is -2.30. The summed E-state index contributed by atoms with van der Waals surface area (Å²) in [6, 6.07) is 8.50. The Bertz CT molecular complexity index is 1370. The highest BCUT2D eigenvalue weighted by Gasteiger charge is 2.35. The summed E-state index contributed by atoms with van der Waals surface area (Å²) in [7, 11) is 0. The summed E-state index contributed by atoms with van der Waals surface area (Å²) in [5, 5.41) is 0.0452. The smallest absolute Gasteiger partial charge is 0.421 e. The molecule has 0 amide bonds. The van der Waals surface area contributed by atoms with Crippen molar-refractivity contribution in [2.75, 3.05) is 0 Å². The van der Waals surface area contributed by atoms with Crippen LogP contribution in [-0.2, 0) is 6.18 Å². The molecule has 4 aromatic rings. The van der Waals surface area contributed by atoms with Gasteiger partial charge >= 0.3 is 6.18 Å². The van der Waals surface area contributed by atoms with Crippen LogP contribution in [0.3, 0.4) is 0 Å². The highest BCUT2D eigenvalue weighted by Crippen LogP contribution is 2.37. The first-order valence-corrected chi connectivity index (χ1v) is 9.31. The van der Waals surface area contributed by atoms with Gasteiger partial charge in [0.25, 0.3) is 5.56 Å². The molecule has 4 rings (SSSR count). The average Bonchev–Trinajstić information content (AvgIpc) is 2.73. The maximum atomic E-state index is 14.3. The van der Waals surface area contributed by atoms with E-state index in [0.717, 1.165) is 30.5 Å². The number of ether oxygens (including phenoxy) is 1. The second kappa shape index (κ2) is 8.03. The van der Waals surface area contributed by atoms with Crippen LogP contribution in [0.25, 0.3) is 10.9 Å². The van der Waals surface area contributed by atoms with E-state index in [9.17, 15) is 26.7 Å². The predicted molar refractivity (Wildman–Crippen MR) is 105 cm³/mol. The van der Waals surface area contributed by atoms with Gasteiger partial charge in [0.15, 0.2) is 0 Å². The molecule has 0 fully saturated rings. The van der Waals surface area contributed by atoms with E-state index < -0.39 is 40.9 Å². The van der Waals surface area contributed by atoms with E-state index >= 15 is 0 Å². The van der Waals surface area contributed by atoms with Gasteiger partial charge in [0, 0.05) is 17.8 Å². The largest absolute Gasteiger partial charge is 0.438 e. The van der Waals surface area contributed by atoms with Crippen molar-refractivity contribution in [3.8, 4) is 11.6 Å². The SMILES string of the molecule is CC(c1ccc(F)cc1F)n1cnc(=O)c2cc(Oc3ncccc3C(F)(F)F)ccc21. The molecule has 0 aliphatic carbocycles. The lowest BCUT2D eigenvalue weighted by molar-refractivity contribution is -0.138. The van der Waals surface area contributed by atoms with Crippen LogP contribution in [0.15, 0.2) is 65.8 Å². The zero-order chi connectivity index (χ0) is 23.0. The van der Waals surface area contributed by atoms with Crippen molar-refractivity contribution in [3.05, 3.63) is 94.2 Å². The highest BCUT2D eigenvalue weighted by molar-refractivity contribution is 5.80. The number of fused-ring (bicyclic) bond motifs is 1. The Kier molecular flexibility index (Phi) is 5.37. The molecule has 2 aromatic heterocycles. The normalized spacial score (nSPS) is 12.7. The number of pyridine rings is 1. The van der Waals surface area contributed by atoms with Gasteiger partial charge in [-0.3, -0.25) is 4.79 Å². The Morgan fingerprint density at radius 3 is 2.53 bits per heavy atom. The van der Waals surface area contributed by atoms with Crippen LogP contribution in [0.1, 0.15) is 24.1 Å². The van der Waals surface area contributed by atoms with E-state index in [1.807, 2.05) is 0 Å². The molecule has 2 heterocycles. The fourth-order valence-electron chi connectivity index (χ4n) is 3.32. The molecule has 10 heteroatoms. The van der Waals surface area contributed by atoms with Gasteiger partial charge < -0.3 is 9.30 Å². The van der Waals surface area contributed by atoms with Crippen LogP contribution in [0.2, 0.25) is 0 Å². The molecule has 0 aliphatic heterocycles. The molecule has 1 unspecified atom stereocenters. The summed E-state index contributed by atoms with van der Waals surface area (Å²) < 4.78 is 73.9. The Morgan fingerprint density at radius 1 is 1.03 bits per heavy atom. The van der Waals surface area contributed by atoms with Crippen molar-refractivity contribution in [1.82, 2.24) is 14.5 Å². The van der Waals surface area contributed by atoms with Crippen LogP contribution >= 0.6 is 0 Å². The molecule has 1 atom stereocenters. The molecule has 164 valence electrons. The lowest BCUT2D eigenvalue weighted by Crippen LogP contribution is -2.17. The van der Waals surface area contributed by atoms with Crippen LogP contribution in [-0.4, -0.2) is 14.5 Å². The van der Waals surface area contributed by atoms with Gasteiger partial charge in [-0.25, -0.2) is 13.8 Å². The number of nitrogens with zero attached hydrogens (tertiary/aromatic N) is 3. The number of hydrogen-bond donors (Lipinski definition) is 0. The quantitative estimate of drug-likeness (QED) is 0.388. The molecule has 2 aromatic carbocycles. The van der Waals surface area contributed by atoms with Crippen molar-refractivity contribution >= 4 is 10.9 Å². The summed E-state index contributed by atoms with van der Waals surface area (Å²) in [6.45, 7) is 1.63. The molecule has 5 nitrogen and oxygen atoms in total. The number of benzene rings is 2. The molecular formula is C22H14F5N3O2. The Hall–Kier alpha value is -3.82. The molecule has 0 aliphatic rings. The van der Waals surface area contributed by atoms with E-state index in [1.165, 1.54) is 35.2 Å². The van der Waals surface area contributed by atoms with E-state index in [2.05, 4.69) is 9.97 Å². The monoisotopic (exact) mass is 447 g/mol. The van der Waals surface area contributed by atoms with Gasteiger partial charge in [-0.05, 0) is 43.3 Å². The number of rotatable bonds is 4. The Labute approximate surface area is 177 Å². The third-order valence-corrected chi connectivity index (χ3v) is 4.90. The van der Waals surface area contributed by atoms with E-state index in [4.69, 9.17) is 4.74 Å². The molecule has 0 bridgehead atoms. The molecule has 0 radical (unpaired) electrons. The minimum atomic E-state index is -4.68. The van der Waals surface area contributed by atoms with Gasteiger partial charge in [-0.1, -0.05) is 6.07 Å². The van der Waals surface area contributed by atoms with Crippen LogP contribution < -0.4 is 10.3 Å². The Balaban J connectivity index is 1.77. The lowest BCUT2D eigenvalue weighted by atomic mass is 10.1. The zero-order valence-corrected chi connectivity index (χ0v) is 16.4. The first-order chi connectivity index (χ1) is 15.1. The molecular weight excluding hydrogens is 433 g/mol. The highest BCUT2D eigenvalue weighted by atomic mass is 19.4. The van der Waals surface area contributed by atoms with Gasteiger partial charge in [0.2, 0.25) is 5.88 Å². The zero-order valence-electron chi connectivity index (χ0n) is 16.4. The van der Waals surface area contributed by atoms with Crippen molar-refractivity contribution in [1.29, 1.82) is 0 Å². The third kappa shape index (κ3) is 4.03. The predicted octanol–water partition coefficient (Wildman–Crippen LogP) is 5.49. The van der Waals surface area contributed by atoms with Crippen LogP contribution in [0, 0.1) is 11.6 Å². The van der Waals surface area contributed by atoms with Gasteiger partial charge in [0.05, 0.1) is 23.3 Å². The number of hydrogen-bond acceptors (Lipinski definition) is 4. The molecule has 0 saturated carbocycles. The van der Waals surface area contributed by atoms with E-state index in [0.29, 0.717) is 5.52 Å². The van der Waals surface area contributed by atoms with Crippen LogP contribution in [0.5, 0.6) is 11.6 Å². The summed E-state index contributed by atoms with van der Waals surface area (Å²) in [5.74, 6) is -2.21. The molecule has 0 saturated heterocycles. The van der Waals surface area contributed by atoms with E-state index in [-0.39, 0.29) is 16.7 Å². The Morgan fingerprint density at radius 2 is 1.81 bits per heavy atom. The van der Waals surface area contributed by atoms with Crippen molar-refractivity contribution in [3.63, 3.8) is 0 Å². The first-order valence-electron chi connectivity index (χ1n) is 9.31. The first kappa shape index (κ1) is 21.4. The van der Waals surface area contributed by atoms with Gasteiger partial charge in [-0.15, -0.1) is 0 Å². The summed E-state index contributed by atoms with van der Waals surface area (Å²) in [5.41, 5.74) is -1.21. The van der Waals surface area contributed by atoms with Crippen molar-refractivity contribution < 1.29 is 26.7 Å². The maximum absolute atomic E-state index is 14.3. The van der Waals surface area contributed by atoms with Crippen LogP contribution in [0.4, 0.5) is 22.0 Å². The lowest BCUT2D eigenvalue weighted by Gasteiger charge is -2.19. The molecule has 32 heavy (non-hydrogen) atoms. The number of alkyl halides is 3. The minimum absolute atomic E-state index is 0.0452. The topological polar surface area (TPSA) is 57.0 Å². The maximum Gasteiger partial charge on any atom is 0.421 e. The van der Waals surface area contributed by atoms with Gasteiger partial charge in [0.1, 0.15) is 22.9 Å². The van der Waals surface area contributed by atoms with Gasteiger partial charge in [-0.2, -0.15) is 18.2 Å². The summed E-state index contributed by atoms with van der Waals surface area (Å²) in [4.78, 5) is 19.7. The average molecular weight is 447 g/mol. The second-order valence-electron chi connectivity index (χ2n) is 6.93. The molecule has 0 N–H and O–H groups in total. The number of aromatic nitrogens is 3. The summed E-state index contributed by atoms with van der Waals surface area (Å²) >= 11 is 0. The second-order valence-corrected chi connectivity index (χ2v) is 6.93. The fourth-order valence-corrected chi connectivity index (χ4v) is 3.32. The standard InChI is InChI=1S/C22H14F5N3O2/c1-12(15-6-4-13(23)9-18(15)24)30-11-29-20(31)16-10-14(5-7-19(16)30)32-21-17(22(25,26)27)3-2-8-28-21/h2-12H,1H3. The van der Waals surface area contributed by atoms with E-state index in [1.54, 1.807) is 6.92 Å². The van der Waals surface area contributed by atoms with Crippen molar-refractivity contribution in [2.24, 2.45) is 0 Å². The molecule has 0 spiro atoms. The van der Waals surface area contributed by atoms with Crippen molar-refractivity contribution in [2.45, 2.75) is 19.1 Å². The third-order valence-electron chi connectivity index (χ3n) is 4.90. The fraction of sp³-hybridized carbons (Fsp3) is 0.136. The minimum Gasteiger partial charge on any atom is -0.438 e.